The smallest absolute Gasteiger partial charge is 0.428 e. The summed E-state index contributed by atoms with van der Waals surface area (Å²) in [5.41, 5.74) is -0.0283. The van der Waals surface area contributed by atoms with Crippen LogP contribution in [0, 0.1) is 0 Å². The Morgan fingerprint density at radius 2 is 1.46 bits per heavy atom. The Bertz CT molecular complexity index is 814. The Labute approximate surface area is 163 Å². The molecule has 0 fully saturated rings. The summed E-state index contributed by atoms with van der Waals surface area (Å²) in [5.74, 6) is -1.71. The molecule has 0 saturated heterocycles. The first-order valence-electron chi connectivity index (χ1n) is 8.71. The lowest BCUT2D eigenvalue weighted by atomic mass is 10.0. The summed E-state index contributed by atoms with van der Waals surface area (Å²) in [6.45, 7) is 4.84. The summed E-state index contributed by atoms with van der Waals surface area (Å²) in [6, 6.07) is 15.7. The van der Waals surface area contributed by atoms with Crippen LogP contribution in [-0.4, -0.2) is 34.8 Å². The van der Waals surface area contributed by atoms with Gasteiger partial charge in [-0.05, 0) is 38.5 Å². The van der Waals surface area contributed by atoms with Crippen LogP contribution >= 0.6 is 0 Å². The fourth-order valence-corrected chi connectivity index (χ4v) is 2.37. The fraction of sp³-hybridized carbons (Fsp3) is 0.286. The molecule has 148 valence electrons. The largest absolute Gasteiger partial charge is 0.516 e. The molecule has 0 radical (unpaired) electrons. The number of rotatable bonds is 5. The van der Waals surface area contributed by atoms with Gasteiger partial charge < -0.3 is 19.9 Å². The van der Waals surface area contributed by atoms with Crippen LogP contribution in [0.5, 0.6) is 0 Å². The highest BCUT2D eigenvalue weighted by atomic mass is 16.8. The number of aliphatic hydroxyl groups excluding tert-OH is 1. The highest BCUT2D eigenvalue weighted by Gasteiger charge is 2.33. The van der Waals surface area contributed by atoms with E-state index in [0.29, 0.717) is 11.1 Å². The number of nitrogens with one attached hydrogen (secondary N) is 1. The Kier molecular flexibility index (Phi) is 6.89. The molecule has 0 aromatic heterocycles. The molecule has 0 bridgehead atoms. The SMILES string of the molecule is CC(C)(C)OC(=O)OC(=O)[C@H](O)[C@@H](NC(=O)c1ccccc1)c1ccccc1. The zero-order chi connectivity index (χ0) is 20.7. The van der Waals surface area contributed by atoms with Gasteiger partial charge >= 0.3 is 12.1 Å². The zero-order valence-corrected chi connectivity index (χ0v) is 15.9. The second kappa shape index (κ2) is 9.14. The van der Waals surface area contributed by atoms with Gasteiger partial charge in [-0.3, -0.25) is 4.79 Å². The summed E-state index contributed by atoms with van der Waals surface area (Å²) in [6.07, 6.45) is -3.04. The van der Waals surface area contributed by atoms with Crippen LogP contribution in [0.2, 0.25) is 0 Å². The van der Waals surface area contributed by atoms with Crippen molar-refractivity contribution < 1.29 is 29.0 Å². The van der Waals surface area contributed by atoms with Gasteiger partial charge in [0.1, 0.15) is 5.60 Å². The minimum Gasteiger partial charge on any atom is -0.428 e. The average Bonchev–Trinajstić information content (AvgIpc) is 2.65. The van der Waals surface area contributed by atoms with Gasteiger partial charge in [0.2, 0.25) is 0 Å². The number of carbonyl (C=O) groups is 3. The molecule has 0 saturated carbocycles. The van der Waals surface area contributed by atoms with Gasteiger partial charge in [-0.2, -0.15) is 0 Å². The Balaban J connectivity index is 2.18. The molecule has 2 aromatic rings. The molecule has 0 heterocycles. The van der Waals surface area contributed by atoms with E-state index in [9.17, 15) is 19.5 Å². The first-order valence-corrected chi connectivity index (χ1v) is 8.71. The molecular weight excluding hydrogens is 362 g/mol. The minimum absolute atomic E-state index is 0.358. The van der Waals surface area contributed by atoms with E-state index in [1.54, 1.807) is 81.4 Å². The lowest BCUT2D eigenvalue weighted by Crippen LogP contribution is -2.42. The number of esters is 1. The number of aliphatic hydroxyl groups is 1. The molecule has 0 aliphatic rings. The standard InChI is InChI=1S/C21H23NO6/c1-21(2,3)28-20(26)27-19(25)17(23)16(14-10-6-4-7-11-14)22-18(24)15-12-8-5-9-13-15/h4-13,16-17,23H,1-3H3,(H,22,24)/t16-,17+/m0/s1. The number of ether oxygens (including phenoxy) is 2. The van der Waals surface area contributed by atoms with Crippen molar-refractivity contribution in [3.8, 4) is 0 Å². The molecular formula is C21H23NO6. The number of hydrogen-bond acceptors (Lipinski definition) is 6. The predicted molar refractivity (Wildman–Crippen MR) is 101 cm³/mol. The lowest BCUT2D eigenvalue weighted by Gasteiger charge is -2.24. The first kappa shape index (κ1) is 21.1. The van der Waals surface area contributed by atoms with Gasteiger partial charge in [0.05, 0.1) is 6.04 Å². The fourth-order valence-electron chi connectivity index (χ4n) is 2.37. The molecule has 0 spiro atoms. The van der Waals surface area contributed by atoms with Crippen molar-refractivity contribution in [1.29, 1.82) is 0 Å². The van der Waals surface area contributed by atoms with Gasteiger partial charge in [0.15, 0.2) is 6.10 Å². The molecule has 7 heteroatoms. The summed E-state index contributed by atoms with van der Waals surface area (Å²) in [4.78, 5) is 36.5. The van der Waals surface area contributed by atoms with Crippen molar-refractivity contribution in [3.63, 3.8) is 0 Å². The monoisotopic (exact) mass is 385 g/mol. The topological polar surface area (TPSA) is 102 Å². The van der Waals surface area contributed by atoms with Gasteiger partial charge in [-0.1, -0.05) is 48.5 Å². The minimum atomic E-state index is -1.82. The van der Waals surface area contributed by atoms with Crippen molar-refractivity contribution in [1.82, 2.24) is 5.32 Å². The average molecular weight is 385 g/mol. The van der Waals surface area contributed by atoms with Crippen LogP contribution in [0.25, 0.3) is 0 Å². The molecule has 2 atom stereocenters. The number of amides is 1. The van der Waals surface area contributed by atoms with Crippen LogP contribution in [0.4, 0.5) is 4.79 Å². The van der Waals surface area contributed by atoms with E-state index in [4.69, 9.17) is 4.74 Å². The van der Waals surface area contributed by atoms with E-state index >= 15 is 0 Å². The maximum Gasteiger partial charge on any atom is 0.516 e. The molecule has 7 nitrogen and oxygen atoms in total. The second-order valence-corrected chi connectivity index (χ2v) is 7.06. The molecule has 0 aliphatic heterocycles. The molecule has 2 N–H and O–H groups in total. The van der Waals surface area contributed by atoms with Crippen LogP contribution in [-0.2, 0) is 14.3 Å². The van der Waals surface area contributed by atoms with E-state index in [0.717, 1.165) is 0 Å². The van der Waals surface area contributed by atoms with Crippen molar-refractivity contribution in [2.75, 3.05) is 0 Å². The molecule has 0 aliphatic carbocycles. The Morgan fingerprint density at radius 1 is 0.929 bits per heavy atom. The van der Waals surface area contributed by atoms with Crippen LogP contribution < -0.4 is 5.32 Å². The summed E-state index contributed by atoms with van der Waals surface area (Å²) in [7, 11) is 0. The van der Waals surface area contributed by atoms with Crippen LogP contribution in [0.3, 0.4) is 0 Å². The molecule has 0 unspecified atom stereocenters. The van der Waals surface area contributed by atoms with E-state index in [1.165, 1.54) is 0 Å². The van der Waals surface area contributed by atoms with Crippen molar-refractivity contribution in [2.45, 2.75) is 38.5 Å². The Morgan fingerprint density at radius 3 is 2.00 bits per heavy atom. The van der Waals surface area contributed by atoms with E-state index in [1.807, 2.05) is 0 Å². The molecule has 2 rings (SSSR count). The van der Waals surface area contributed by atoms with Gasteiger partial charge in [-0.15, -0.1) is 0 Å². The maximum absolute atomic E-state index is 12.5. The third-order valence-electron chi connectivity index (χ3n) is 3.61. The van der Waals surface area contributed by atoms with Gasteiger partial charge in [0.25, 0.3) is 5.91 Å². The normalized spacial score (nSPS) is 13.1. The third-order valence-corrected chi connectivity index (χ3v) is 3.61. The summed E-state index contributed by atoms with van der Waals surface area (Å²) in [5, 5.41) is 13.1. The zero-order valence-electron chi connectivity index (χ0n) is 15.9. The number of benzene rings is 2. The van der Waals surface area contributed by atoms with Gasteiger partial charge in [0, 0.05) is 5.56 Å². The highest BCUT2D eigenvalue weighted by Crippen LogP contribution is 2.19. The van der Waals surface area contributed by atoms with Crippen molar-refractivity contribution >= 4 is 18.0 Å². The second-order valence-electron chi connectivity index (χ2n) is 7.06. The summed E-state index contributed by atoms with van der Waals surface area (Å²) < 4.78 is 9.49. The van der Waals surface area contributed by atoms with Gasteiger partial charge in [-0.25, -0.2) is 9.59 Å². The number of carbonyl (C=O) groups excluding carboxylic acids is 3. The maximum atomic E-state index is 12.5. The first-order chi connectivity index (χ1) is 13.2. The molecule has 1 amide bonds. The summed E-state index contributed by atoms with van der Waals surface area (Å²) >= 11 is 0. The van der Waals surface area contributed by atoms with Crippen LogP contribution in [0.1, 0.15) is 42.7 Å². The highest BCUT2D eigenvalue weighted by molar-refractivity contribution is 5.95. The van der Waals surface area contributed by atoms with E-state index in [-0.39, 0.29) is 0 Å². The van der Waals surface area contributed by atoms with Crippen LogP contribution in [0.15, 0.2) is 60.7 Å². The quantitative estimate of drug-likeness (QED) is 0.606. The van der Waals surface area contributed by atoms with Crippen molar-refractivity contribution in [2.24, 2.45) is 0 Å². The molecule has 2 aromatic carbocycles. The van der Waals surface area contributed by atoms with E-state index in [2.05, 4.69) is 10.1 Å². The predicted octanol–water partition coefficient (Wildman–Crippen LogP) is 3.00. The van der Waals surface area contributed by atoms with Crippen molar-refractivity contribution in [3.05, 3.63) is 71.8 Å². The third kappa shape index (κ3) is 6.21. The Hall–Kier alpha value is -3.19. The lowest BCUT2D eigenvalue weighted by molar-refractivity contribution is -0.152. The van der Waals surface area contributed by atoms with E-state index < -0.39 is 35.8 Å². The molecule has 28 heavy (non-hydrogen) atoms. The number of hydrogen-bond donors (Lipinski definition) is 2.